The van der Waals surface area contributed by atoms with Crippen molar-refractivity contribution in [3.8, 4) is 11.1 Å². The zero-order valence-corrected chi connectivity index (χ0v) is 25.1. The Labute approximate surface area is 256 Å². The van der Waals surface area contributed by atoms with Gasteiger partial charge in [-0.2, -0.15) is 10.1 Å². The van der Waals surface area contributed by atoms with Gasteiger partial charge in [0.05, 0.1) is 11.2 Å². The fourth-order valence-electron chi connectivity index (χ4n) is 4.53. The Kier molecular flexibility index (Phi) is 9.37. The van der Waals surface area contributed by atoms with Crippen molar-refractivity contribution in [2.24, 2.45) is 7.05 Å². The van der Waals surface area contributed by atoms with Crippen molar-refractivity contribution >= 4 is 29.3 Å². The molecule has 0 atom stereocenters. The van der Waals surface area contributed by atoms with E-state index in [1.54, 1.807) is 77.0 Å². The molecule has 2 heterocycles. The van der Waals surface area contributed by atoms with Gasteiger partial charge in [0.2, 0.25) is 5.91 Å². The van der Waals surface area contributed by atoms with E-state index in [-0.39, 0.29) is 28.9 Å². The van der Waals surface area contributed by atoms with Crippen LogP contribution in [0.25, 0.3) is 11.1 Å². The Balaban J connectivity index is 1.33. The van der Waals surface area contributed by atoms with E-state index >= 15 is 0 Å². The van der Waals surface area contributed by atoms with Crippen LogP contribution in [0.5, 0.6) is 0 Å². The first-order chi connectivity index (χ1) is 20.7. The Morgan fingerprint density at radius 3 is 2.40 bits per heavy atom. The van der Waals surface area contributed by atoms with Crippen molar-refractivity contribution in [2.45, 2.75) is 30.4 Å². The van der Waals surface area contributed by atoms with E-state index in [9.17, 15) is 18.4 Å². The van der Waals surface area contributed by atoms with Gasteiger partial charge in [0, 0.05) is 56.3 Å². The van der Waals surface area contributed by atoms with Gasteiger partial charge in [-0.3, -0.25) is 14.3 Å². The number of carbonyl (C=O) groups is 1. The van der Waals surface area contributed by atoms with Crippen LogP contribution in [0, 0.1) is 11.6 Å². The molecule has 11 heteroatoms. The topological polar surface area (TPSA) is 73.0 Å². The second-order valence-electron chi connectivity index (χ2n) is 10.1. The monoisotopic (exact) mass is 619 g/mol. The highest BCUT2D eigenvalue weighted by atomic mass is 35.5. The summed E-state index contributed by atoms with van der Waals surface area (Å²) >= 11 is 7.23. The van der Waals surface area contributed by atoms with Gasteiger partial charge in [-0.25, -0.2) is 8.78 Å². The van der Waals surface area contributed by atoms with Gasteiger partial charge in [-0.1, -0.05) is 71.9 Å². The molecule has 220 valence electrons. The molecule has 7 nitrogen and oxygen atoms in total. The van der Waals surface area contributed by atoms with E-state index in [0.29, 0.717) is 40.6 Å². The maximum absolute atomic E-state index is 14.5. The summed E-state index contributed by atoms with van der Waals surface area (Å²) in [6, 6.07) is 18.2. The van der Waals surface area contributed by atoms with E-state index in [0.717, 1.165) is 16.7 Å². The molecule has 0 bridgehead atoms. The van der Waals surface area contributed by atoms with Crippen molar-refractivity contribution in [1.82, 2.24) is 24.2 Å². The van der Waals surface area contributed by atoms with Crippen LogP contribution in [-0.2, 0) is 37.1 Å². The third-order valence-corrected chi connectivity index (χ3v) is 8.18. The van der Waals surface area contributed by atoms with Crippen molar-refractivity contribution in [3.05, 3.63) is 135 Å². The molecule has 0 N–H and O–H groups in total. The average molecular weight is 620 g/mol. The Morgan fingerprint density at radius 1 is 0.977 bits per heavy atom. The van der Waals surface area contributed by atoms with Crippen LogP contribution in [0.1, 0.15) is 22.3 Å². The maximum Gasteiger partial charge on any atom is 0.277 e. The fraction of sp³-hybridized carbons (Fsp3) is 0.188. The second kappa shape index (κ2) is 13.4. The summed E-state index contributed by atoms with van der Waals surface area (Å²) in [6.45, 7) is 0.284. The van der Waals surface area contributed by atoms with Crippen molar-refractivity contribution in [2.75, 3.05) is 7.05 Å². The number of likely N-dealkylation sites (N-methyl/N-ethyl adjacent to an activating group) is 1. The van der Waals surface area contributed by atoms with E-state index in [1.165, 1.54) is 30.0 Å². The second-order valence-corrected chi connectivity index (χ2v) is 11.5. The number of hydrogen-bond acceptors (Lipinski definition) is 5. The molecule has 0 saturated heterocycles. The SMILES string of the molecule is CN(Cc1ccc(-c2cccc(Cl)c2F)cc1)C(=O)Cn1cc(Cc2cnn(C)c2)c(=O)nc1SCc1ccc(F)cc1. The highest BCUT2D eigenvalue weighted by Gasteiger charge is 2.17. The lowest BCUT2D eigenvalue weighted by Gasteiger charge is -2.20. The van der Waals surface area contributed by atoms with Crippen LogP contribution in [0.4, 0.5) is 8.78 Å². The third kappa shape index (κ3) is 7.57. The molecule has 5 rings (SSSR count). The minimum absolute atomic E-state index is 0.0403. The zero-order chi connectivity index (χ0) is 30.5. The summed E-state index contributed by atoms with van der Waals surface area (Å²) in [4.78, 5) is 32.2. The van der Waals surface area contributed by atoms with Crippen molar-refractivity contribution in [3.63, 3.8) is 0 Å². The smallest absolute Gasteiger partial charge is 0.277 e. The largest absolute Gasteiger partial charge is 0.340 e. The molecular weight excluding hydrogens is 592 g/mol. The number of aromatic nitrogens is 4. The van der Waals surface area contributed by atoms with Crippen LogP contribution in [0.3, 0.4) is 0 Å². The summed E-state index contributed by atoms with van der Waals surface area (Å²) in [5.74, 6) is -0.553. The number of halogens is 3. The van der Waals surface area contributed by atoms with Gasteiger partial charge in [-0.15, -0.1) is 0 Å². The molecular formula is C32H28ClF2N5O2S. The number of aryl methyl sites for hydroxylation is 1. The van der Waals surface area contributed by atoms with Crippen LogP contribution < -0.4 is 5.56 Å². The summed E-state index contributed by atoms with van der Waals surface area (Å²) < 4.78 is 31.2. The van der Waals surface area contributed by atoms with Crippen molar-refractivity contribution in [1.29, 1.82) is 0 Å². The number of benzene rings is 3. The van der Waals surface area contributed by atoms with E-state index in [2.05, 4.69) is 10.1 Å². The van der Waals surface area contributed by atoms with E-state index in [4.69, 9.17) is 11.6 Å². The molecule has 2 aromatic heterocycles. The number of nitrogens with zero attached hydrogens (tertiary/aromatic N) is 5. The van der Waals surface area contributed by atoms with Gasteiger partial charge >= 0.3 is 0 Å². The number of amides is 1. The minimum Gasteiger partial charge on any atom is -0.340 e. The highest BCUT2D eigenvalue weighted by molar-refractivity contribution is 7.98. The summed E-state index contributed by atoms with van der Waals surface area (Å²) in [5, 5.41) is 4.61. The molecule has 1 amide bonds. The fourth-order valence-corrected chi connectivity index (χ4v) is 5.62. The highest BCUT2D eigenvalue weighted by Crippen LogP contribution is 2.28. The zero-order valence-electron chi connectivity index (χ0n) is 23.5. The molecule has 0 saturated carbocycles. The standard InChI is InChI=1S/C32H28ClF2N5O2S/c1-38(16-21-6-10-24(11-7-21)27-4-3-5-28(33)30(27)35)29(41)19-40-18-25(14-23-15-36-39(2)17-23)31(42)37-32(40)43-20-22-8-12-26(34)13-9-22/h3-13,15,17-18H,14,16,19-20H2,1-2H3. The number of thioether (sulfide) groups is 1. The quantitative estimate of drug-likeness (QED) is 0.139. The number of carbonyl (C=O) groups excluding carboxylic acids is 1. The van der Waals surface area contributed by atoms with Gasteiger partial charge in [0.1, 0.15) is 18.2 Å². The molecule has 3 aromatic carbocycles. The lowest BCUT2D eigenvalue weighted by molar-refractivity contribution is -0.131. The molecule has 0 aliphatic rings. The minimum atomic E-state index is -0.477. The van der Waals surface area contributed by atoms with Gasteiger partial charge in [0.15, 0.2) is 5.16 Å². The van der Waals surface area contributed by atoms with Crippen LogP contribution in [-0.4, -0.2) is 37.2 Å². The van der Waals surface area contributed by atoms with Gasteiger partial charge in [-0.05, 0) is 40.5 Å². The molecule has 0 aliphatic carbocycles. The Bertz CT molecular complexity index is 1810. The number of hydrogen-bond donors (Lipinski definition) is 0. The third-order valence-electron chi connectivity index (χ3n) is 6.83. The molecule has 0 fully saturated rings. The predicted octanol–water partition coefficient (Wildman–Crippen LogP) is 6.12. The van der Waals surface area contributed by atoms with Gasteiger partial charge in [0.25, 0.3) is 5.56 Å². The first-order valence-electron chi connectivity index (χ1n) is 13.4. The Hall–Kier alpha value is -4.28. The predicted molar refractivity (Wildman–Crippen MR) is 164 cm³/mol. The molecule has 5 aromatic rings. The molecule has 0 spiro atoms. The Morgan fingerprint density at radius 2 is 1.70 bits per heavy atom. The van der Waals surface area contributed by atoms with E-state index < -0.39 is 5.82 Å². The normalized spacial score (nSPS) is 11.1. The number of rotatable bonds is 10. The lowest BCUT2D eigenvalue weighted by Crippen LogP contribution is -2.31. The maximum atomic E-state index is 14.5. The molecule has 0 unspecified atom stereocenters. The van der Waals surface area contributed by atoms with Crippen LogP contribution in [0.2, 0.25) is 5.02 Å². The average Bonchev–Trinajstić information content (AvgIpc) is 3.40. The summed E-state index contributed by atoms with van der Waals surface area (Å²) in [6.07, 6.45) is 5.51. The first-order valence-corrected chi connectivity index (χ1v) is 14.7. The summed E-state index contributed by atoms with van der Waals surface area (Å²) in [5.41, 5.74) is 3.73. The van der Waals surface area contributed by atoms with Gasteiger partial charge < -0.3 is 9.47 Å². The van der Waals surface area contributed by atoms with E-state index in [1.807, 2.05) is 18.3 Å². The van der Waals surface area contributed by atoms with Crippen LogP contribution >= 0.6 is 23.4 Å². The molecule has 0 radical (unpaired) electrons. The van der Waals surface area contributed by atoms with Crippen LogP contribution in [0.15, 0.2) is 95.3 Å². The van der Waals surface area contributed by atoms with Crippen molar-refractivity contribution < 1.29 is 13.6 Å². The molecule has 43 heavy (non-hydrogen) atoms. The molecule has 0 aliphatic heterocycles. The summed E-state index contributed by atoms with van der Waals surface area (Å²) in [7, 11) is 3.50. The first kappa shape index (κ1) is 30.2. The lowest BCUT2D eigenvalue weighted by atomic mass is 10.0.